The highest BCUT2D eigenvalue weighted by Gasteiger charge is 2.22. The van der Waals surface area contributed by atoms with Crippen LogP contribution in [0.2, 0.25) is 0 Å². The maximum atomic E-state index is 12.9. The largest absolute Gasteiger partial charge is 0.385 e. The molecule has 1 aromatic carbocycles. The Hall–Kier alpha value is -2.28. The SMILES string of the molecule is COCCCNC(=O)c1cc(NC(=O)NC(C)(C)C)ccc1N1CCC(C)CC1. The molecule has 1 aliphatic heterocycles. The Bertz CT molecular complexity index is 692. The second-order valence-corrected chi connectivity index (χ2v) is 8.83. The molecule has 1 aliphatic rings. The summed E-state index contributed by atoms with van der Waals surface area (Å²) < 4.78 is 5.05. The van der Waals surface area contributed by atoms with Crippen LogP contribution in [-0.4, -0.2) is 50.8 Å². The molecule has 0 saturated carbocycles. The number of hydrogen-bond donors (Lipinski definition) is 3. The van der Waals surface area contributed by atoms with Gasteiger partial charge in [0.05, 0.1) is 5.56 Å². The van der Waals surface area contributed by atoms with Gasteiger partial charge in [0.1, 0.15) is 0 Å². The smallest absolute Gasteiger partial charge is 0.319 e. The van der Waals surface area contributed by atoms with Crippen molar-refractivity contribution in [3.8, 4) is 0 Å². The number of ether oxygens (including phenoxy) is 1. The lowest BCUT2D eigenvalue weighted by Gasteiger charge is -2.33. The number of piperidine rings is 1. The summed E-state index contributed by atoms with van der Waals surface area (Å²) in [4.78, 5) is 27.4. The molecule has 29 heavy (non-hydrogen) atoms. The second kappa shape index (κ2) is 10.5. The van der Waals surface area contributed by atoms with Crippen molar-refractivity contribution < 1.29 is 14.3 Å². The maximum Gasteiger partial charge on any atom is 0.319 e. The summed E-state index contributed by atoms with van der Waals surface area (Å²) in [5, 5.41) is 8.68. The monoisotopic (exact) mass is 404 g/mol. The van der Waals surface area contributed by atoms with Gasteiger partial charge < -0.3 is 25.6 Å². The molecule has 0 unspecified atom stereocenters. The minimum atomic E-state index is -0.337. The number of nitrogens with one attached hydrogen (secondary N) is 3. The molecule has 162 valence electrons. The molecule has 1 fully saturated rings. The molecule has 0 bridgehead atoms. The molecule has 0 radical (unpaired) electrons. The Labute approximate surface area is 174 Å². The van der Waals surface area contributed by atoms with Gasteiger partial charge in [-0.2, -0.15) is 0 Å². The van der Waals surface area contributed by atoms with Crippen molar-refractivity contribution in [2.75, 3.05) is 43.6 Å². The summed E-state index contributed by atoms with van der Waals surface area (Å²) >= 11 is 0. The Kier molecular flexibility index (Phi) is 8.32. The van der Waals surface area contributed by atoms with Gasteiger partial charge in [-0.3, -0.25) is 4.79 Å². The van der Waals surface area contributed by atoms with Gasteiger partial charge in [-0.05, 0) is 64.2 Å². The number of benzene rings is 1. The standard InChI is InChI=1S/C22H36N4O3/c1-16-9-12-26(13-10-16)19-8-7-17(24-21(28)25-22(2,3)4)15-18(19)20(27)23-11-6-14-29-5/h7-8,15-16H,6,9-14H2,1-5H3,(H,23,27)(H2,24,25,28). The molecule has 7 nitrogen and oxygen atoms in total. The first-order chi connectivity index (χ1) is 13.7. The number of carbonyl (C=O) groups is 2. The minimum absolute atomic E-state index is 0.130. The molecule has 7 heteroatoms. The number of nitrogens with zero attached hydrogens (tertiary/aromatic N) is 1. The molecule has 0 spiro atoms. The van der Waals surface area contributed by atoms with Gasteiger partial charge in [0.2, 0.25) is 0 Å². The van der Waals surface area contributed by atoms with E-state index in [0.717, 1.165) is 38.0 Å². The molecule has 0 aliphatic carbocycles. The molecule has 1 aromatic rings. The van der Waals surface area contributed by atoms with Crippen LogP contribution >= 0.6 is 0 Å². The molecule has 2 rings (SSSR count). The van der Waals surface area contributed by atoms with Crippen molar-refractivity contribution in [2.24, 2.45) is 5.92 Å². The predicted molar refractivity (Wildman–Crippen MR) is 118 cm³/mol. The molecule has 1 heterocycles. The van der Waals surface area contributed by atoms with E-state index in [9.17, 15) is 9.59 Å². The fourth-order valence-corrected chi connectivity index (χ4v) is 3.34. The average Bonchev–Trinajstić information content (AvgIpc) is 2.64. The molecule has 0 atom stereocenters. The van der Waals surface area contributed by atoms with Gasteiger partial charge in [0.15, 0.2) is 0 Å². The maximum absolute atomic E-state index is 12.9. The second-order valence-electron chi connectivity index (χ2n) is 8.83. The van der Waals surface area contributed by atoms with Crippen LogP contribution in [-0.2, 0) is 4.74 Å². The van der Waals surface area contributed by atoms with E-state index >= 15 is 0 Å². The first-order valence-corrected chi connectivity index (χ1v) is 10.4. The summed E-state index contributed by atoms with van der Waals surface area (Å²) in [5.74, 6) is 0.578. The molecule has 3 N–H and O–H groups in total. The summed E-state index contributed by atoms with van der Waals surface area (Å²) in [6.07, 6.45) is 2.98. The summed E-state index contributed by atoms with van der Waals surface area (Å²) in [7, 11) is 1.65. The quantitative estimate of drug-likeness (QED) is 0.606. The van der Waals surface area contributed by atoms with Crippen molar-refractivity contribution in [1.29, 1.82) is 0 Å². The van der Waals surface area contributed by atoms with E-state index in [0.29, 0.717) is 30.3 Å². The van der Waals surface area contributed by atoms with Crippen LogP contribution in [0.1, 0.15) is 57.3 Å². The summed E-state index contributed by atoms with van der Waals surface area (Å²) in [5.41, 5.74) is 1.77. The first-order valence-electron chi connectivity index (χ1n) is 10.4. The van der Waals surface area contributed by atoms with E-state index in [-0.39, 0.29) is 17.5 Å². The Morgan fingerprint density at radius 2 is 1.90 bits per heavy atom. The number of methoxy groups -OCH3 is 1. The van der Waals surface area contributed by atoms with Crippen LogP contribution < -0.4 is 20.9 Å². The number of urea groups is 1. The predicted octanol–water partition coefficient (Wildman–Crippen LogP) is 3.61. The molecular formula is C22H36N4O3. The highest BCUT2D eigenvalue weighted by atomic mass is 16.5. The topological polar surface area (TPSA) is 82.7 Å². The Balaban J connectivity index is 2.19. The fourth-order valence-electron chi connectivity index (χ4n) is 3.34. The first kappa shape index (κ1) is 23.0. The lowest BCUT2D eigenvalue weighted by atomic mass is 9.97. The third-order valence-electron chi connectivity index (χ3n) is 4.92. The van der Waals surface area contributed by atoms with Crippen LogP contribution in [0.5, 0.6) is 0 Å². The van der Waals surface area contributed by atoms with Gasteiger partial charge in [-0.25, -0.2) is 4.79 Å². The van der Waals surface area contributed by atoms with Crippen LogP contribution in [0.15, 0.2) is 18.2 Å². The van der Waals surface area contributed by atoms with Crippen molar-refractivity contribution in [1.82, 2.24) is 10.6 Å². The van der Waals surface area contributed by atoms with Crippen LogP contribution in [0, 0.1) is 5.92 Å². The average molecular weight is 405 g/mol. The minimum Gasteiger partial charge on any atom is -0.385 e. The fraction of sp³-hybridized carbons (Fsp3) is 0.636. The van der Waals surface area contributed by atoms with E-state index in [1.807, 2.05) is 32.9 Å². The zero-order chi connectivity index (χ0) is 21.4. The molecular weight excluding hydrogens is 368 g/mol. The van der Waals surface area contributed by atoms with Crippen molar-refractivity contribution >= 4 is 23.3 Å². The van der Waals surface area contributed by atoms with E-state index in [1.165, 1.54) is 0 Å². The van der Waals surface area contributed by atoms with Crippen molar-refractivity contribution in [2.45, 2.75) is 52.5 Å². The van der Waals surface area contributed by atoms with Crippen LogP contribution in [0.3, 0.4) is 0 Å². The number of carbonyl (C=O) groups excluding carboxylic acids is 2. The Morgan fingerprint density at radius 1 is 1.21 bits per heavy atom. The summed E-state index contributed by atoms with van der Waals surface area (Å²) in [6, 6.07) is 5.27. The number of amides is 3. The van der Waals surface area contributed by atoms with Crippen LogP contribution in [0.4, 0.5) is 16.2 Å². The highest BCUT2D eigenvalue weighted by Crippen LogP contribution is 2.28. The van der Waals surface area contributed by atoms with Crippen molar-refractivity contribution in [3.63, 3.8) is 0 Å². The van der Waals surface area contributed by atoms with Gasteiger partial charge in [-0.1, -0.05) is 6.92 Å². The van der Waals surface area contributed by atoms with Gasteiger partial charge in [0.25, 0.3) is 5.91 Å². The van der Waals surface area contributed by atoms with E-state index in [1.54, 1.807) is 13.2 Å². The third kappa shape index (κ3) is 7.57. The lowest BCUT2D eigenvalue weighted by Crippen LogP contribution is -2.43. The molecule has 3 amide bonds. The van der Waals surface area contributed by atoms with Crippen molar-refractivity contribution in [3.05, 3.63) is 23.8 Å². The van der Waals surface area contributed by atoms with E-state index in [4.69, 9.17) is 4.74 Å². The lowest BCUT2D eigenvalue weighted by molar-refractivity contribution is 0.0949. The number of hydrogen-bond acceptors (Lipinski definition) is 4. The van der Waals surface area contributed by atoms with Gasteiger partial charge in [0, 0.05) is 50.3 Å². The van der Waals surface area contributed by atoms with Gasteiger partial charge in [-0.15, -0.1) is 0 Å². The summed E-state index contributed by atoms with van der Waals surface area (Å²) in [6.45, 7) is 11.0. The zero-order valence-electron chi connectivity index (χ0n) is 18.4. The Morgan fingerprint density at radius 3 is 2.52 bits per heavy atom. The molecule has 0 aromatic heterocycles. The van der Waals surface area contributed by atoms with E-state index in [2.05, 4.69) is 27.8 Å². The van der Waals surface area contributed by atoms with Crippen LogP contribution in [0.25, 0.3) is 0 Å². The number of anilines is 2. The normalized spacial score (nSPS) is 15.1. The molecule has 1 saturated heterocycles. The highest BCUT2D eigenvalue weighted by molar-refractivity contribution is 6.02. The number of rotatable bonds is 7. The van der Waals surface area contributed by atoms with E-state index < -0.39 is 0 Å². The zero-order valence-corrected chi connectivity index (χ0v) is 18.4. The third-order valence-corrected chi connectivity index (χ3v) is 4.92. The van der Waals surface area contributed by atoms with Gasteiger partial charge >= 0.3 is 6.03 Å².